The maximum atomic E-state index is 13.2. The molecule has 2 aromatic rings. The lowest BCUT2D eigenvalue weighted by Gasteiger charge is -2.36. The third kappa shape index (κ3) is 6.05. The number of amides is 4. The summed E-state index contributed by atoms with van der Waals surface area (Å²) in [6, 6.07) is 10.3. The van der Waals surface area contributed by atoms with Crippen LogP contribution in [0.3, 0.4) is 0 Å². The van der Waals surface area contributed by atoms with Crippen LogP contribution in [-0.4, -0.2) is 43.0 Å². The van der Waals surface area contributed by atoms with E-state index in [-0.39, 0.29) is 24.4 Å². The van der Waals surface area contributed by atoms with Gasteiger partial charge in [0.2, 0.25) is 0 Å². The van der Waals surface area contributed by atoms with E-state index in [9.17, 15) is 22.8 Å². The molecule has 2 N–H and O–H groups in total. The third-order valence-electron chi connectivity index (χ3n) is 4.87. The zero-order valence-electron chi connectivity index (χ0n) is 17.8. The van der Waals surface area contributed by atoms with Crippen molar-refractivity contribution >= 4 is 23.4 Å². The summed E-state index contributed by atoms with van der Waals surface area (Å²) < 4.78 is 40.9. The molecule has 2 aromatic carbocycles. The smallest absolute Gasteiger partial charge is 0.406 e. The van der Waals surface area contributed by atoms with Crippen LogP contribution in [0.1, 0.15) is 24.5 Å². The van der Waals surface area contributed by atoms with Crippen LogP contribution in [0.4, 0.5) is 34.1 Å². The quantitative estimate of drug-likeness (QED) is 0.660. The zero-order chi connectivity index (χ0) is 23.3. The van der Waals surface area contributed by atoms with Crippen molar-refractivity contribution in [3.8, 4) is 5.75 Å². The number of nitrogens with zero attached hydrogens (tertiary/aromatic N) is 2. The maximum absolute atomic E-state index is 13.2. The number of carbonyl (C=O) groups is 2. The molecule has 1 aliphatic rings. The fourth-order valence-electron chi connectivity index (χ4n) is 3.48. The fourth-order valence-corrected chi connectivity index (χ4v) is 3.48. The van der Waals surface area contributed by atoms with Gasteiger partial charge in [-0.05, 0) is 55.7 Å². The van der Waals surface area contributed by atoms with Crippen LogP contribution in [-0.2, 0) is 6.54 Å². The molecule has 4 amide bonds. The molecule has 0 unspecified atom stereocenters. The minimum Gasteiger partial charge on any atom is -0.406 e. The SMILES string of the molecule is CCNC(=O)Nc1cc(C)ccc1N1CCCN(Cc2ccc(OC(F)(F)F)cc2)C1=O. The molecule has 3 rings (SSSR count). The van der Waals surface area contributed by atoms with Crippen molar-refractivity contribution in [1.82, 2.24) is 10.2 Å². The lowest BCUT2D eigenvalue weighted by Crippen LogP contribution is -2.49. The first kappa shape index (κ1) is 23.2. The second-order valence-electron chi connectivity index (χ2n) is 7.41. The summed E-state index contributed by atoms with van der Waals surface area (Å²) in [5.74, 6) is -0.312. The highest BCUT2D eigenvalue weighted by molar-refractivity contribution is 6.00. The molecule has 10 heteroatoms. The van der Waals surface area contributed by atoms with Crippen molar-refractivity contribution in [1.29, 1.82) is 0 Å². The first-order valence-corrected chi connectivity index (χ1v) is 10.2. The van der Waals surface area contributed by atoms with Crippen molar-refractivity contribution in [2.75, 3.05) is 29.9 Å². The third-order valence-corrected chi connectivity index (χ3v) is 4.87. The van der Waals surface area contributed by atoms with Gasteiger partial charge in [-0.2, -0.15) is 0 Å². The van der Waals surface area contributed by atoms with Crippen LogP contribution in [0.15, 0.2) is 42.5 Å². The highest BCUT2D eigenvalue weighted by Crippen LogP contribution is 2.30. The molecular weight excluding hydrogens is 425 g/mol. The Kier molecular flexibility index (Phi) is 7.12. The van der Waals surface area contributed by atoms with E-state index in [2.05, 4.69) is 15.4 Å². The lowest BCUT2D eigenvalue weighted by atomic mass is 10.1. The van der Waals surface area contributed by atoms with Gasteiger partial charge in [0.1, 0.15) is 5.75 Å². The number of aryl methyl sites for hydroxylation is 1. The van der Waals surface area contributed by atoms with Crippen LogP contribution in [0.25, 0.3) is 0 Å². The van der Waals surface area contributed by atoms with Crippen LogP contribution in [0.2, 0.25) is 0 Å². The summed E-state index contributed by atoms with van der Waals surface area (Å²) in [7, 11) is 0. The Bertz CT molecular complexity index is 964. The Morgan fingerprint density at radius 3 is 2.50 bits per heavy atom. The van der Waals surface area contributed by atoms with Gasteiger partial charge in [-0.25, -0.2) is 9.59 Å². The van der Waals surface area contributed by atoms with E-state index >= 15 is 0 Å². The monoisotopic (exact) mass is 450 g/mol. The van der Waals surface area contributed by atoms with Gasteiger partial charge in [0.15, 0.2) is 0 Å². The fraction of sp³-hybridized carbons (Fsp3) is 0.364. The number of nitrogens with one attached hydrogen (secondary N) is 2. The summed E-state index contributed by atoms with van der Waals surface area (Å²) >= 11 is 0. The van der Waals surface area contributed by atoms with E-state index in [1.165, 1.54) is 24.3 Å². The molecule has 0 spiro atoms. The molecule has 1 aliphatic heterocycles. The van der Waals surface area contributed by atoms with Gasteiger partial charge in [-0.1, -0.05) is 18.2 Å². The highest BCUT2D eigenvalue weighted by Gasteiger charge is 2.31. The van der Waals surface area contributed by atoms with Gasteiger partial charge in [0.25, 0.3) is 0 Å². The first-order valence-electron chi connectivity index (χ1n) is 10.2. The van der Waals surface area contributed by atoms with E-state index in [0.29, 0.717) is 43.0 Å². The maximum Gasteiger partial charge on any atom is 0.573 e. The molecule has 172 valence electrons. The second kappa shape index (κ2) is 9.80. The number of rotatable bonds is 6. The average molecular weight is 450 g/mol. The number of carbonyl (C=O) groups excluding carboxylic acids is 2. The molecular formula is C22H25F3N4O3. The molecule has 32 heavy (non-hydrogen) atoms. The molecule has 0 bridgehead atoms. The lowest BCUT2D eigenvalue weighted by molar-refractivity contribution is -0.274. The Balaban J connectivity index is 1.75. The first-order chi connectivity index (χ1) is 15.2. The Hall–Kier alpha value is -3.43. The Morgan fingerprint density at radius 2 is 1.84 bits per heavy atom. The van der Waals surface area contributed by atoms with Crippen LogP contribution in [0, 0.1) is 6.92 Å². The van der Waals surface area contributed by atoms with E-state index in [1.54, 1.807) is 21.9 Å². The minimum atomic E-state index is -4.75. The zero-order valence-corrected chi connectivity index (χ0v) is 17.8. The molecule has 0 aromatic heterocycles. The predicted molar refractivity (Wildman–Crippen MR) is 115 cm³/mol. The van der Waals surface area contributed by atoms with Crippen molar-refractivity contribution in [3.05, 3.63) is 53.6 Å². The molecule has 0 radical (unpaired) electrons. The normalized spacial score (nSPS) is 14.3. The molecule has 0 aliphatic carbocycles. The molecule has 1 heterocycles. The standard InChI is InChI=1S/C22H25F3N4O3/c1-3-26-20(30)27-18-13-15(2)5-10-19(18)29-12-4-11-28(21(29)31)14-16-6-8-17(9-7-16)32-22(23,24)25/h5-10,13H,3-4,11-12,14H2,1-2H3,(H2,26,27,30). The Morgan fingerprint density at radius 1 is 1.12 bits per heavy atom. The van der Waals surface area contributed by atoms with Crippen molar-refractivity contribution in [2.24, 2.45) is 0 Å². The molecule has 0 saturated carbocycles. The van der Waals surface area contributed by atoms with E-state index < -0.39 is 6.36 Å². The van der Waals surface area contributed by atoms with Crippen molar-refractivity contribution < 1.29 is 27.5 Å². The molecule has 1 fully saturated rings. The van der Waals surface area contributed by atoms with Gasteiger partial charge < -0.3 is 20.3 Å². The molecule has 1 saturated heterocycles. The largest absolute Gasteiger partial charge is 0.573 e. The van der Waals surface area contributed by atoms with Crippen LogP contribution in [0.5, 0.6) is 5.75 Å². The number of halogens is 3. The van der Waals surface area contributed by atoms with Crippen LogP contribution < -0.4 is 20.3 Å². The number of benzene rings is 2. The Labute approximate surface area is 184 Å². The van der Waals surface area contributed by atoms with E-state index in [0.717, 1.165) is 5.56 Å². The summed E-state index contributed by atoms with van der Waals surface area (Å²) in [4.78, 5) is 28.5. The molecule has 0 atom stereocenters. The van der Waals surface area contributed by atoms with Crippen molar-refractivity contribution in [3.63, 3.8) is 0 Å². The van der Waals surface area contributed by atoms with Gasteiger partial charge in [-0.3, -0.25) is 4.90 Å². The highest BCUT2D eigenvalue weighted by atomic mass is 19.4. The summed E-state index contributed by atoms with van der Waals surface area (Å²) in [6.45, 7) is 5.42. The number of urea groups is 2. The summed E-state index contributed by atoms with van der Waals surface area (Å²) in [5, 5.41) is 5.46. The van der Waals surface area contributed by atoms with Gasteiger partial charge >= 0.3 is 18.4 Å². The number of hydrogen-bond acceptors (Lipinski definition) is 3. The van der Waals surface area contributed by atoms with Gasteiger partial charge in [0.05, 0.1) is 11.4 Å². The molecule has 7 nitrogen and oxygen atoms in total. The van der Waals surface area contributed by atoms with E-state index in [1.807, 2.05) is 19.9 Å². The summed E-state index contributed by atoms with van der Waals surface area (Å²) in [6.07, 6.45) is -4.05. The number of ether oxygens (including phenoxy) is 1. The summed E-state index contributed by atoms with van der Waals surface area (Å²) in [5.41, 5.74) is 2.73. The average Bonchev–Trinajstić information content (AvgIpc) is 2.71. The van der Waals surface area contributed by atoms with Crippen LogP contribution >= 0.6 is 0 Å². The number of hydrogen-bond donors (Lipinski definition) is 2. The van der Waals surface area contributed by atoms with Gasteiger partial charge in [0, 0.05) is 26.2 Å². The topological polar surface area (TPSA) is 73.9 Å². The predicted octanol–water partition coefficient (Wildman–Crippen LogP) is 4.87. The van der Waals surface area contributed by atoms with E-state index in [4.69, 9.17) is 0 Å². The minimum absolute atomic E-state index is 0.241. The number of alkyl halides is 3. The van der Waals surface area contributed by atoms with Gasteiger partial charge in [-0.15, -0.1) is 13.2 Å². The second-order valence-corrected chi connectivity index (χ2v) is 7.41. The van der Waals surface area contributed by atoms with Crippen molar-refractivity contribution in [2.45, 2.75) is 33.2 Å². The number of anilines is 2.